The molecule has 1 atom stereocenters. The molecule has 3 aromatic carbocycles. The molecule has 1 fully saturated rings. The van der Waals surface area contributed by atoms with Gasteiger partial charge in [-0.1, -0.05) is 70.0 Å². The van der Waals surface area contributed by atoms with Crippen LogP contribution >= 0.6 is 27.5 Å². The number of hydrogen-bond donors (Lipinski definition) is 0. The standard InChI is InChI=1S/C23H22BrClN2/c24-20-8-6-19(7-9-20)23-17-26(16-18-4-2-1-3-5-18)14-15-27(23)22-12-10-21(25)11-13-22/h1-13,23H,14-17H2. The lowest BCUT2D eigenvalue weighted by Crippen LogP contribution is -2.48. The molecule has 1 unspecified atom stereocenters. The molecule has 0 spiro atoms. The highest BCUT2D eigenvalue weighted by molar-refractivity contribution is 9.10. The Balaban J connectivity index is 1.60. The summed E-state index contributed by atoms with van der Waals surface area (Å²) in [6.45, 7) is 4.03. The Hall–Kier alpha value is -1.81. The highest BCUT2D eigenvalue weighted by Crippen LogP contribution is 2.32. The van der Waals surface area contributed by atoms with Gasteiger partial charge in [-0.05, 0) is 47.5 Å². The third kappa shape index (κ3) is 4.55. The summed E-state index contributed by atoms with van der Waals surface area (Å²) in [5.41, 5.74) is 3.93. The number of halogens is 2. The van der Waals surface area contributed by atoms with Crippen LogP contribution in [0.2, 0.25) is 5.02 Å². The van der Waals surface area contributed by atoms with Gasteiger partial charge in [0.2, 0.25) is 0 Å². The van der Waals surface area contributed by atoms with E-state index in [0.29, 0.717) is 6.04 Å². The van der Waals surface area contributed by atoms with Crippen LogP contribution in [0.5, 0.6) is 0 Å². The van der Waals surface area contributed by atoms with Gasteiger partial charge >= 0.3 is 0 Å². The average Bonchev–Trinajstić information content (AvgIpc) is 2.70. The molecule has 1 heterocycles. The second-order valence-corrected chi connectivity index (χ2v) is 8.31. The van der Waals surface area contributed by atoms with Gasteiger partial charge in [-0.3, -0.25) is 4.90 Å². The van der Waals surface area contributed by atoms with Crippen molar-refractivity contribution in [2.75, 3.05) is 24.5 Å². The first kappa shape index (κ1) is 18.5. The fourth-order valence-electron chi connectivity index (χ4n) is 3.74. The van der Waals surface area contributed by atoms with Gasteiger partial charge in [0.15, 0.2) is 0 Å². The SMILES string of the molecule is Clc1ccc(N2CCN(Cc3ccccc3)CC2c2ccc(Br)cc2)cc1. The number of piperazine rings is 1. The molecule has 1 aliphatic heterocycles. The molecule has 0 N–H and O–H groups in total. The first-order valence-corrected chi connectivity index (χ1v) is 10.4. The van der Waals surface area contributed by atoms with E-state index in [-0.39, 0.29) is 0 Å². The Morgan fingerprint density at radius 1 is 0.852 bits per heavy atom. The van der Waals surface area contributed by atoms with Crippen LogP contribution in [0.15, 0.2) is 83.3 Å². The smallest absolute Gasteiger partial charge is 0.0670 e. The Morgan fingerprint density at radius 3 is 2.26 bits per heavy atom. The summed E-state index contributed by atoms with van der Waals surface area (Å²) in [6, 6.07) is 28.0. The maximum Gasteiger partial charge on any atom is 0.0670 e. The van der Waals surface area contributed by atoms with Crippen molar-refractivity contribution < 1.29 is 0 Å². The van der Waals surface area contributed by atoms with E-state index in [1.807, 2.05) is 12.1 Å². The predicted octanol–water partition coefficient (Wildman–Crippen LogP) is 6.17. The quantitative estimate of drug-likeness (QED) is 0.478. The maximum atomic E-state index is 6.10. The zero-order valence-corrected chi connectivity index (χ0v) is 17.4. The van der Waals surface area contributed by atoms with Crippen molar-refractivity contribution in [2.45, 2.75) is 12.6 Å². The second kappa shape index (κ2) is 8.47. The van der Waals surface area contributed by atoms with Gasteiger partial charge in [0, 0.05) is 41.4 Å². The summed E-state index contributed by atoms with van der Waals surface area (Å²) in [4.78, 5) is 5.05. The number of hydrogen-bond acceptors (Lipinski definition) is 2. The number of nitrogens with zero attached hydrogens (tertiary/aromatic N) is 2. The van der Waals surface area contributed by atoms with Crippen LogP contribution in [0.3, 0.4) is 0 Å². The zero-order valence-electron chi connectivity index (χ0n) is 15.1. The van der Waals surface area contributed by atoms with Crippen molar-refractivity contribution in [1.29, 1.82) is 0 Å². The van der Waals surface area contributed by atoms with Crippen LogP contribution in [0.1, 0.15) is 17.2 Å². The lowest BCUT2D eigenvalue weighted by Gasteiger charge is -2.43. The molecular formula is C23H22BrClN2. The minimum absolute atomic E-state index is 0.316. The van der Waals surface area contributed by atoms with E-state index in [9.17, 15) is 0 Å². The minimum atomic E-state index is 0.316. The molecule has 4 rings (SSSR count). The molecule has 0 amide bonds. The zero-order chi connectivity index (χ0) is 18.6. The summed E-state index contributed by atoms with van der Waals surface area (Å²) in [5, 5.41) is 0.779. The largest absolute Gasteiger partial charge is 0.362 e. The molecule has 0 radical (unpaired) electrons. The number of rotatable bonds is 4. The monoisotopic (exact) mass is 440 g/mol. The summed E-state index contributed by atoms with van der Waals surface area (Å²) in [5.74, 6) is 0. The van der Waals surface area contributed by atoms with Crippen LogP contribution in [0.25, 0.3) is 0 Å². The molecule has 27 heavy (non-hydrogen) atoms. The molecule has 2 nitrogen and oxygen atoms in total. The molecule has 4 heteroatoms. The summed E-state index contributed by atoms with van der Waals surface area (Å²) < 4.78 is 1.11. The highest BCUT2D eigenvalue weighted by Gasteiger charge is 2.28. The van der Waals surface area contributed by atoms with E-state index in [2.05, 4.69) is 92.5 Å². The molecule has 0 saturated carbocycles. The van der Waals surface area contributed by atoms with E-state index in [1.54, 1.807) is 0 Å². The van der Waals surface area contributed by atoms with Crippen molar-refractivity contribution >= 4 is 33.2 Å². The van der Waals surface area contributed by atoms with Gasteiger partial charge in [-0.25, -0.2) is 0 Å². The predicted molar refractivity (Wildman–Crippen MR) is 117 cm³/mol. The average molecular weight is 442 g/mol. The Morgan fingerprint density at radius 2 is 1.56 bits per heavy atom. The van der Waals surface area contributed by atoms with Crippen molar-refractivity contribution in [3.05, 3.63) is 99.5 Å². The van der Waals surface area contributed by atoms with Crippen molar-refractivity contribution in [1.82, 2.24) is 4.90 Å². The molecule has 1 aliphatic rings. The van der Waals surface area contributed by atoms with Gasteiger partial charge in [0.1, 0.15) is 0 Å². The Bertz CT molecular complexity index is 865. The summed E-state index contributed by atoms with van der Waals surface area (Å²) >= 11 is 9.66. The van der Waals surface area contributed by atoms with Crippen molar-refractivity contribution in [2.24, 2.45) is 0 Å². The fraction of sp³-hybridized carbons (Fsp3) is 0.217. The number of anilines is 1. The lowest BCUT2D eigenvalue weighted by molar-refractivity contribution is 0.215. The molecule has 3 aromatic rings. The van der Waals surface area contributed by atoms with E-state index in [0.717, 1.165) is 35.7 Å². The van der Waals surface area contributed by atoms with Crippen LogP contribution in [0.4, 0.5) is 5.69 Å². The summed E-state index contributed by atoms with van der Waals surface area (Å²) in [6.07, 6.45) is 0. The van der Waals surface area contributed by atoms with Crippen molar-refractivity contribution in [3.63, 3.8) is 0 Å². The topological polar surface area (TPSA) is 6.48 Å². The van der Waals surface area contributed by atoms with Gasteiger partial charge in [-0.15, -0.1) is 0 Å². The van der Waals surface area contributed by atoms with Crippen molar-refractivity contribution in [3.8, 4) is 0 Å². The van der Waals surface area contributed by atoms with E-state index < -0.39 is 0 Å². The van der Waals surface area contributed by atoms with Crippen LogP contribution in [-0.2, 0) is 6.54 Å². The van der Waals surface area contributed by atoms with Gasteiger partial charge < -0.3 is 4.90 Å². The van der Waals surface area contributed by atoms with Crippen LogP contribution in [0, 0.1) is 0 Å². The van der Waals surface area contributed by atoms with E-state index >= 15 is 0 Å². The van der Waals surface area contributed by atoms with Gasteiger partial charge in [-0.2, -0.15) is 0 Å². The molecule has 138 valence electrons. The normalized spacial score (nSPS) is 17.9. The van der Waals surface area contributed by atoms with E-state index in [1.165, 1.54) is 16.8 Å². The Labute approximate surface area is 174 Å². The second-order valence-electron chi connectivity index (χ2n) is 6.96. The highest BCUT2D eigenvalue weighted by atomic mass is 79.9. The van der Waals surface area contributed by atoms with E-state index in [4.69, 9.17) is 11.6 Å². The van der Waals surface area contributed by atoms with Crippen LogP contribution < -0.4 is 4.90 Å². The molecule has 0 aromatic heterocycles. The third-order valence-electron chi connectivity index (χ3n) is 5.13. The third-order valence-corrected chi connectivity index (χ3v) is 5.91. The Kier molecular flexibility index (Phi) is 5.82. The maximum absolute atomic E-state index is 6.10. The molecular weight excluding hydrogens is 420 g/mol. The van der Waals surface area contributed by atoms with Gasteiger partial charge in [0.25, 0.3) is 0 Å². The minimum Gasteiger partial charge on any atom is -0.362 e. The summed E-state index contributed by atoms with van der Waals surface area (Å²) in [7, 11) is 0. The molecule has 1 saturated heterocycles. The molecule has 0 bridgehead atoms. The first-order chi connectivity index (χ1) is 13.2. The lowest BCUT2D eigenvalue weighted by atomic mass is 10.0. The molecule has 0 aliphatic carbocycles. The van der Waals surface area contributed by atoms with Crippen LogP contribution in [-0.4, -0.2) is 24.5 Å². The van der Waals surface area contributed by atoms with Gasteiger partial charge in [0.05, 0.1) is 6.04 Å². The fourth-order valence-corrected chi connectivity index (χ4v) is 4.13. The first-order valence-electron chi connectivity index (χ1n) is 9.23. The number of benzene rings is 3.